The molecular formula is C16H21N3OS. The van der Waals surface area contributed by atoms with Gasteiger partial charge in [-0.15, -0.1) is 11.3 Å². The van der Waals surface area contributed by atoms with Crippen LogP contribution >= 0.6 is 11.3 Å². The van der Waals surface area contributed by atoms with Crippen LogP contribution in [0.5, 0.6) is 0 Å². The minimum Gasteiger partial charge on any atom is -0.306 e. The molecule has 0 spiro atoms. The summed E-state index contributed by atoms with van der Waals surface area (Å²) >= 11 is 1.57. The van der Waals surface area contributed by atoms with E-state index >= 15 is 0 Å². The fourth-order valence-electron chi connectivity index (χ4n) is 3.01. The molecule has 3 rings (SSSR count). The van der Waals surface area contributed by atoms with Crippen LogP contribution in [0.3, 0.4) is 0 Å². The van der Waals surface area contributed by atoms with Crippen LogP contribution in [0.2, 0.25) is 0 Å². The summed E-state index contributed by atoms with van der Waals surface area (Å²) in [6.45, 7) is 4.19. The van der Waals surface area contributed by atoms with Crippen LogP contribution < -0.4 is 5.32 Å². The fraction of sp³-hybridized carbons (Fsp3) is 0.500. The number of nitrogens with one attached hydrogen (secondary N) is 1. The van der Waals surface area contributed by atoms with Gasteiger partial charge in [0.2, 0.25) is 0 Å². The normalized spacial score (nSPS) is 15.5. The summed E-state index contributed by atoms with van der Waals surface area (Å²) in [7, 11) is 0. The lowest BCUT2D eigenvalue weighted by Gasteiger charge is -2.14. The Morgan fingerprint density at radius 3 is 2.90 bits per heavy atom. The van der Waals surface area contributed by atoms with Gasteiger partial charge in [0.25, 0.3) is 5.91 Å². The molecule has 0 bridgehead atoms. The third-order valence-electron chi connectivity index (χ3n) is 4.21. The maximum absolute atomic E-state index is 12.4. The third kappa shape index (κ3) is 2.88. The summed E-state index contributed by atoms with van der Waals surface area (Å²) in [5.74, 6) is 0.790. The molecular weight excluding hydrogens is 282 g/mol. The molecule has 1 aliphatic rings. The standard InChI is InChI=1S/C16H21N3OS/c1-3-12-10-14(21-11(12)2)16(20)18-15-8-9-17-19(15)13-6-4-5-7-13/h8-10,13H,3-7H2,1-2H3,(H,18,20). The number of nitrogens with zero attached hydrogens (tertiary/aromatic N) is 2. The van der Waals surface area contributed by atoms with Crippen LogP contribution in [0.25, 0.3) is 0 Å². The molecule has 1 saturated carbocycles. The Kier molecular flexibility index (Phi) is 4.10. The number of hydrogen-bond acceptors (Lipinski definition) is 3. The molecule has 5 heteroatoms. The molecule has 21 heavy (non-hydrogen) atoms. The quantitative estimate of drug-likeness (QED) is 0.921. The monoisotopic (exact) mass is 303 g/mol. The Hall–Kier alpha value is -1.62. The van der Waals surface area contributed by atoms with Crippen LogP contribution in [0.15, 0.2) is 18.3 Å². The van der Waals surface area contributed by atoms with E-state index in [-0.39, 0.29) is 5.91 Å². The van der Waals surface area contributed by atoms with Gasteiger partial charge in [-0.1, -0.05) is 19.8 Å². The topological polar surface area (TPSA) is 46.9 Å². The van der Waals surface area contributed by atoms with E-state index in [4.69, 9.17) is 0 Å². The van der Waals surface area contributed by atoms with Crippen molar-refractivity contribution in [3.63, 3.8) is 0 Å². The first-order valence-corrected chi connectivity index (χ1v) is 8.45. The van der Waals surface area contributed by atoms with Crippen molar-refractivity contribution >= 4 is 23.1 Å². The van der Waals surface area contributed by atoms with Crippen LogP contribution in [0.4, 0.5) is 5.82 Å². The van der Waals surface area contributed by atoms with Gasteiger partial charge in [-0.2, -0.15) is 5.10 Å². The number of carbonyl (C=O) groups is 1. The second kappa shape index (κ2) is 6.02. The molecule has 1 aliphatic carbocycles. The molecule has 0 saturated heterocycles. The van der Waals surface area contributed by atoms with Gasteiger partial charge < -0.3 is 5.32 Å². The SMILES string of the molecule is CCc1cc(C(=O)Nc2ccnn2C2CCCC2)sc1C. The summed E-state index contributed by atoms with van der Waals surface area (Å²) < 4.78 is 1.98. The lowest BCUT2D eigenvalue weighted by Crippen LogP contribution is -2.16. The van der Waals surface area contributed by atoms with Crippen molar-refractivity contribution in [2.24, 2.45) is 0 Å². The Balaban J connectivity index is 1.76. The number of anilines is 1. The van der Waals surface area contributed by atoms with E-state index in [1.807, 2.05) is 16.8 Å². The molecule has 112 valence electrons. The van der Waals surface area contributed by atoms with Gasteiger partial charge in [-0.05, 0) is 37.8 Å². The van der Waals surface area contributed by atoms with Crippen molar-refractivity contribution in [3.05, 3.63) is 33.6 Å². The van der Waals surface area contributed by atoms with E-state index in [0.29, 0.717) is 6.04 Å². The van der Waals surface area contributed by atoms with Crippen molar-refractivity contribution < 1.29 is 4.79 Å². The van der Waals surface area contributed by atoms with Gasteiger partial charge in [0.15, 0.2) is 0 Å². The van der Waals surface area contributed by atoms with Gasteiger partial charge >= 0.3 is 0 Å². The van der Waals surface area contributed by atoms with Gasteiger partial charge in [0, 0.05) is 10.9 Å². The first-order chi connectivity index (χ1) is 10.2. The number of aromatic nitrogens is 2. The number of rotatable bonds is 4. The van der Waals surface area contributed by atoms with Gasteiger partial charge in [-0.25, -0.2) is 4.68 Å². The molecule has 4 nitrogen and oxygen atoms in total. The van der Waals surface area contributed by atoms with E-state index in [1.54, 1.807) is 17.5 Å². The lowest BCUT2D eigenvalue weighted by molar-refractivity contribution is 0.102. The van der Waals surface area contributed by atoms with Crippen molar-refractivity contribution in [1.29, 1.82) is 0 Å². The van der Waals surface area contributed by atoms with Crippen molar-refractivity contribution in [2.45, 2.75) is 52.0 Å². The van der Waals surface area contributed by atoms with E-state index in [2.05, 4.69) is 24.3 Å². The van der Waals surface area contributed by atoms with Crippen LogP contribution in [-0.4, -0.2) is 15.7 Å². The first-order valence-electron chi connectivity index (χ1n) is 7.63. The number of aryl methyl sites for hydroxylation is 2. The second-order valence-corrected chi connectivity index (χ2v) is 6.86. The Bertz CT molecular complexity index is 638. The summed E-state index contributed by atoms with van der Waals surface area (Å²) in [6.07, 6.45) is 7.55. The second-order valence-electron chi connectivity index (χ2n) is 5.60. The zero-order valence-electron chi connectivity index (χ0n) is 12.6. The molecule has 2 heterocycles. The maximum atomic E-state index is 12.4. The van der Waals surface area contributed by atoms with Crippen LogP contribution in [0.1, 0.15) is 58.8 Å². The fourth-order valence-corrected chi connectivity index (χ4v) is 4.02. The van der Waals surface area contributed by atoms with Crippen molar-refractivity contribution in [1.82, 2.24) is 9.78 Å². The predicted molar refractivity (Wildman–Crippen MR) is 86.1 cm³/mol. The smallest absolute Gasteiger partial charge is 0.266 e. The summed E-state index contributed by atoms with van der Waals surface area (Å²) in [4.78, 5) is 14.4. The number of carbonyl (C=O) groups excluding carboxylic acids is 1. The van der Waals surface area contributed by atoms with Crippen LogP contribution in [0, 0.1) is 6.92 Å². The molecule has 0 aliphatic heterocycles. The van der Waals surface area contributed by atoms with Crippen LogP contribution in [-0.2, 0) is 6.42 Å². The van der Waals surface area contributed by atoms with E-state index in [0.717, 1.165) is 30.0 Å². The predicted octanol–water partition coefficient (Wildman–Crippen LogP) is 4.18. The number of amides is 1. The highest BCUT2D eigenvalue weighted by atomic mass is 32.1. The molecule has 1 amide bonds. The van der Waals surface area contributed by atoms with E-state index < -0.39 is 0 Å². The zero-order chi connectivity index (χ0) is 14.8. The molecule has 2 aromatic heterocycles. The molecule has 0 unspecified atom stereocenters. The zero-order valence-corrected chi connectivity index (χ0v) is 13.4. The number of thiophene rings is 1. The highest BCUT2D eigenvalue weighted by molar-refractivity contribution is 7.14. The van der Waals surface area contributed by atoms with Gasteiger partial charge in [0.1, 0.15) is 5.82 Å². The van der Waals surface area contributed by atoms with Gasteiger partial charge in [-0.3, -0.25) is 4.79 Å². The highest BCUT2D eigenvalue weighted by Gasteiger charge is 2.21. The van der Waals surface area contributed by atoms with Gasteiger partial charge in [0.05, 0.1) is 17.1 Å². The molecule has 0 radical (unpaired) electrons. The van der Waals surface area contributed by atoms with Crippen molar-refractivity contribution in [3.8, 4) is 0 Å². The first kappa shape index (κ1) is 14.3. The highest BCUT2D eigenvalue weighted by Crippen LogP contribution is 2.31. The molecule has 1 N–H and O–H groups in total. The summed E-state index contributed by atoms with van der Waals surface area (Å²) in [6, 6.07) is 4.33. The lowest BCUT2D eigenvalue weighted by atomic mass is 10.2. The maximum Gasteiger partial charge on any atom is 0.266 e. The largest absolute Gasteiger partial charge is 0.306 e. The average molecular weight is 303 g/mol. The Morgan fingerprint density at radius 2 is 2.24 bits per heavy atom. The average Bonchev–Trinajstić information content (AvgIpc) is 3.17. The van der Waals surface area contributed by atoms with Crippen molar-refractivity contribution in [2.75, 3.05) is 5.32 Å². The molecule has 0 aromatic carbocycles. The molecule has 1 fully saturated rings. The van der Waals surface area contributed by atoms with E-state index in [1.165, 1.54) is 23.3 Å². The number of hydrogen-bond donors (Lipinski definition) is 1. The Morgan fingerprint density at radius 1 is 1.48 bits per heavy atom. The minimum absolute atomic E-state index is 0.0254. The van der Waals surface area contributed by atoms with E-state index in [9.17, 15) is 4.79 Å². The Labute approximate surface area is 129 Å². The minimum atomic E-state index is -0.0254. The summed E-state index contributed by atoms with van der Waals surface area (Å²) in [5, 5.41) is 7.41. The molecule has 0 atom stereocenters. The summed E-state index contributed by atoms with van der Waals surface area (Å²) in [5.41, 5.74) is 1.26. The molecule has 2 aromatic rings. The third-order valence-corrected chi connectivity index (χ3v) is 5.30.